The van der Waals surface area contributed by atoms with Crippen LogP contribution in [0.3, 0.4) is 0 Å². The Bertz CT molecular complexity index is 640. The van der Waals surface area contributed by atoms with Gasteiger partial charge in [0.2, 0.25) is 0 Å². The lowest BCUT2D eigenvalue weighted by atomic mass is 10.0. The Morgan fingerprint density at radius 2 is 2.32 bits per heavy atom. The number of rotatable bonds is 3. The fraction of sp³-hybridized carbons (Fsp3) is 0.154. The molecule has 6 heteroatoms. The Kier molecular flexibility index (Phi) is 3.08. The van der Waals surface area contributed by atoms with Crippen molar-refractivity contribution in [2.45, 2.75) is 12.5 Å². The van der Waals surface area contributed by atoms with E-state index in [4.69, 9.17) is 4.84 Å². The van der Waals surface area contributed by atoms with Gasteiger partial charge in [-0.25, -0.2) is 9.37 Å². The Hall–Kier alpha value is -2.08. The number of hydrogen-bond acceptors (Lipinski definition) is 5. The molecule has 2 heterocycles. The van der Waals surface area contributed by atoms with E-state index in [9.17, 15) is 9.18 Å². The van der Waals surface area contributed by atoms with Gasteiger partial charge in [-0.3, -0.25) is 4.79 Å². The zero-order chi connectivity index (χ0) is 13.2. The van der Waals surface area contributed by atoms with Crippen molar-refractivity contribution >= 4 is 23.3 Å². The van der Waals surface area contributed by atoms with Crippen LogP contribution in [0, 0.1) is 5.82 Å². The lowest BCUT2D eigenvalue weighted by Crippen LogP contribution is -2.03. The Morgan fingerprint density at radius 1 is 1.42 bits per heavy atom. The second kappa shape index (κ2) is 4.89. The predicted molar refractivity (Wildman–Crippen MR) is 68.9 cm³/mol. The first-order valence-corrected chi connectivity index (χ1v) is 6.57. The van der Waals surface area contributed by atoms with Crippen molar-refractivity contribution in [2.75, 3.05) is 0 Å². The second-order valence-electron chi connectivity index (χ2n) is 4.15. The van der Waals surface area contributed by atoms with E-state index in [0.29, 0.717) is 23.8 Å². The van der Waals surface area contributed by atoms with Crippen molar-refractivity contribution in [3.63, 3.8) is 0 Å². The number of oxime groups is 1. The molecule has 1 aromatic heterocycles. The van der Waals surface area contributed by atoms with Crippen LogP contribution in [0.15, 0.2) is 34.2 Å². The molecular formula is C13H9FN2O2S. The average molecular weight is 276 g/mol. The minimum absolute atomic E-state index is 0.292. The summed E-state index contributed by atoms with van der Waals surface area (Å²) in [5.41, 5.74) is 4.14. The van der Waals surface area contributed by atoms with Crippen LogP contribution < -0.4 is 0 Å². The van der Waals surface area contributed by atoms with Crippen molar-refractivity contribution in [2.24, 2.45) is 5.16 Å². The number of hydrogen-bond donors (Lipinski definition) is 0. The molecule has 1 aliphatic heterocycles. The molecule has 96 valence electrons. The third-order valence-corrected chi connectivity index (χ3v) is 3.43. The first-order chi connectivity index (χ1) is 9.26. The number of halogens is 1. The van der Waals surface area contributed by atoms with Crippen molar-refractivity contribution in [1.29, 1.82) is 0 Å². The van der Waals surface area contributed by atoms with Crippen LogP contribution in [0.25, 0.3) is 0 Å². The lowest BCUT2D eigenvalue weighted by molar-refractivity contribution is 0.0854. The molecule has 4 nitrogen and oxygen atoms in total. The first-order valence-electron chi connectivity index (χ1n) is 5.63. The molecule has 0 fully saturated rings. The summed E-state index contributed by atoms with van der Waals surface area (Å²) >= 11 is 1.48. The van der Waals surface area contributed by atoms with Crippen LogP contribution in [0.1, 0.15) is 34.1 Å². The number of carbonyl (C=O) groups is 1. The molecule has 0 amide bonds. The number of aromatic nitrogens is 1. The third-order valence-electron chi connectivity index (χ3n) is 2.85. The summed E-state index contributed by atoms with van der Waals surface area (Å²) in [4.78, 5) is 20.2. The predicted octanol–water partition coefficient (Wildman–Crippen LogP) is 2.96. The molecule has 0 N–H and O–H groups in total. The van der Waals surface area contributed by atoms with Gasteiger partial charge in [-0.15, -0.1) is 11.3 Å². The van der Waals surface area contributed by atoms with Gasteiger partial charge >= 0.3 is 0 Å². The second-order valence-corrected chi connectivity index (χ2v) is 4.86. The van der Waals surface area contributed by atoms with Crippen molar-refractivity contribution in [1.82, 2.24) is 4.98 Å². The number of aldehydes is 1. The normalized spacial score (nSPS) is 17.9. The summed E-state index contributed by atoms with van der Waals surface area (Å²) in [6.45, 7) is 0. The van der Waals surface area contributed by atoms with Gasteiger partial charge in [0, 0.05) is 17.4 Å². The molecule has 2 aromatic rings. The number of thiazole rings is 1. The zero-order valence-corrected chi connectivity index (χ0v) is 10.6. The zero-order valence-electron chi connectivity index (χ0n) is 9.75. The van der Waals surface area contributed by atoms with Gasteiger partial charge < -0.3 is 4.84 Å². The van der Waals surface area contributed by atoms with Crippen LogP contribution >= 0.6 is 11.3 Å². The van der Waals surface area contributed by atoms with Crippen LogP contribution in [-0.4, -0.2) is 17.0 Å². The van der Waals surface area contributed by atoms with Crippen LogP contribution in [0.5, 0.6) is 0 Å². The molecule has 3 rings (SSSR count). The van der Waals surface area contributed by atoms with E-state index < -0.39 is 5.82 Å². The molecule has 19 heavy (non-hydrogen) atoms. The average Bonchev–Trinajstić information content (AvgIpc) is 3.08. The minimum atomic E-state index is -0.453. The summed E-state index contributed by atoms with van der Waals surface area (Å²) in [6.07, 6.45) is 0.765. The maximum Gasteiger partial charge on any atom is 0.158 e. The highest BCUT2D eigenvalue weighted by Gasteiger charge is 2.25. The third kappa shape index (κ3) is 2.39. The number of carbonyl (C=O) groups excluding carboxylic acids is 1. The molecular weight excluding hydrogens is 267 g/mol. The fourth-order valence-corrected chi connectivity index (χ4v) is 2.51. The maximum absolute atomic E-state index is 13.4. The largest absolute Gasteiger partial charge is 0.387 e. The van der Waals surface area contributed by atoms with E-state index in [1.807, 2.05) is 5.38 Å². The van der Waals surface area contributed by atoms with E-state index in [2.05, 4.69) is 10.1 Å². The van der Waals surface area contributed by atoms with Gasteiger partial charge in [0.15, 0.2) is 6.10 Å². The molecule has 1 unspecified atom stereocenters. The highest BCUT2D eigenvalue weighted by Crippen LogP contribution is 2.30. The van der Waals surface area contributed by atoms with Gasteiger partial charge in [0.1, 0.15) is 17.8 Å². The Morgan fingerprint density at radius 3 is 3.05 bits per heavy atom. The standard InChI is InChI=1S/C13H9FN2O2S/c14-10-2-8(5-17)1-9(3-10)13-4-11(16-18-13)12-6-19-7-15-12/h1-3,5-7,13H,4H2. The van der Waals surface area contributed by atoms with Crippen LogP contribution in [0.2, 0.25) is 0 Å². The topological polar surface area (TPSA) is 51.5 Å². The van der Waals surface area contributed by atoms with Gasteiger partial charge in [-0.2, -0.15) is 0 Å². The minimum Gasteiger partial charge on any atom is -0.387 e. The van der Waals surface area contributed by atoms with E-state index in [1.165, 1.54) is 23.5 Å². The van der Waals surface area contributed by atoms with Crippen LogP contribution in [-0.2, 0) is 4.84 Å². The summed E-state index contributed by atoms with van der Waals surface area (Å²) in [7, 11) is 0. The molecule has 0 bridgehead atoms. The summed E-state index contributed by atoms with van der Waals surface area (Å²) in [6, 6.07) is 4.16. The number of nitrogens with zero attached hydrogens (tertiary/aromatic N) is 2. The summed E-state index contributed by atoms with van der Waals surface area (Å²) in [5.74, 6) is -0.453. The van der Waals surface area contributed by atoms with E-state index >= 15 is 0 Å². The van der Waals surface area contributed by atoms with E-state index in [0.717, 1.165) is 11.4 Å². The van der Waals surface area contributed by atoms with Gasteiger partial charge in [0.25, 0.3) is 0 Å². The Balaban J connectivity index is 1.83. The highest BCUT2D eigenvalue weighted by atomic mass is 32.1. The highest BCUT2D eigenvalue weighted by molar-refractivity contribution is 7.07. The van der Waals surface area contributed by atoms with E-state index in [1.54, 1.807) is 11.6 Å². The maximum atomic E-state index is 13.4. The monoisotopic (exact) mass is 276 g/mol. The molecule has 1 aliphatic rings. The molecule has 0 aliphatic carbocycles. The molecule has 0 spiro atoms. The van der Waals surface area contributed by atoms with Crippen molar-refractivity contribution in [3.05, 3.63) is 51.7 Å². The molecule has 0 saturated carbocycles. The molecule has 0 radical (unpaired) electrons. The lowest BCUT2D eigenvalue weighted by Gasteiger charge is -2.08. The number of benzene rings is 1. The Labute approximate surface area is 112 Å². The molecule has 0 saturated heterocycles. The first kappa shape index (κ1) is 12.0. The van der Waals surface area contributed by atoms with E-state index in [-0.39, 0.29) is 6.10 Å². The van der Waals surface area contributed by atoms with Crippen molar-refractivity contribution < 1.29 is 14.0 Å². The molecule has 1 aromatic carbocycles. The molecule has 1 atom stereocenters. The van der Waals surface area contributed by atoms with Crippen LogP contribution in [0.4, 0.5) is 4.39 Å². The quantitative estimate of drug-likeness (QED) is 0.810. The summed E-state index contributed by atoms with van der Waals surface area (Å²) in [5, 5.41) is 5.85. The SMILES string of the molecule is O=Cc1cc(F)cc(C2CC(c3cscn3)=NO2)c1. The van der Waals surface area contributed by atoms with Gasteiger partial charge in [-0.1, -0.05) is 5.16 Å². The van der Waals surface area contributed by atoms with Gasteiger partial charge in [0.05, 0.1) is 11.2 Å². The smallest absolute Gasteiger partial charge is 0.158 e. The fourth-order valence-electron chi connectivity index (χ4n) is 1.95. The van der Waals surface area contributed by atoms with Gasteiger partial charge in [-0.05, 0) is 23.8 Å². The van der Waals surface area contributed by atoms with Crippen molar-refractivity contribution in [3.8, 4) is 0 Å². The summed E-state index contributed by atoms with van der Waals surface area (Å²) < 4.78 is 13.4.